The van der Waals surface area contributed by atoms with Crippen molar-refractivity contribution < 1.29 is 52.6 Å². The number of para-hydroxylation sites is 1. The zero-order valence-electron chi connectivity index (χ0n) is 29.8. The van der Waals surface area contributed by atoms with Crippen molar-refractivity contribution in [3.05, 3.63) is 65.9 Å². The monoisotopic (exact) mass is 748 g/mol. The highest BCUT2D eigenvalue weighted by Crippen LogP contribution is 2.37. The predicted octanol–water partition coefficient (Wildman–Crippen LogP) is 1.27. The molecule has 2 aromatic carbocycles. The number of phosphoric acid groups is 1. The predicted molar refractivity (Wildman–Crippen MR) is 191 cm³/mol. The maximum atomic E-state index is 13.3. The summed E-state index contributed by atoms with van der Waals surface area (Å²) in [5.74, 6) is -2.30. The summed E-state index contributed by atoms with van der Waals surface area (Å²) in [6, 6.07) is 13.9. The second-order valence-corrected chi connectivity index (χ2v) is 13.2. The van der Waals surface area contributed by atoms with Crippen LogP contribution in [-0.2, 0) is 52.7 Å². The van der Waals surface area contributed by atoms with E-state index in [2.05, 4.69) is 31.2 Å². The second kappa shape index (κ2) is 20.6. The molecule has 0 bridgehead atoms. The zero-order chi connectivity index (χ0) is 38.3. The number of aryl methyl sites for hydroxylation is 1. The van der Waals surface area contributed by atoms with Crippen molar-refractivity contribution in [1.29, 1.82) is 0 Å². The minimum absolute atomic E-state index is 0.0214. The van der Waals surface area contributed by atoms with Crippen LogP contribution in [-0.4, -0.2) is 119 Å². The summed E-state index contributed by atoms with van der Waals surface area (Å²) in [5.41, 5.74) is 5.69. The van der Waals surface area contributed by atoms with Gasteiger partial charge in [0.15, 0.2) is 0 Å². The summed E-state index contributed by atoms with van der Waals surface area (Å²) in [6.45, 7) is 3.13. The molecule has 286 valence electrons. The van der Waals surface area contributed by atoms with E-state index in [-0.39, 0.29) is 69.8 Å². The first-order valence-corrected chi connectivity index (χ1v) is 18.2. The fourth-order valence-corrected chi connectivity index (χ4v) is 5.54. The van der Waals surface area contributed by atoms with E-state index >= 15 is 0 Å². The lowest BCUT2D eigenvalue weighted by atomic mass is 10.0. The fraction of sp³-hybridized carbons (Fsp3) is 0.471. The number of amides is 3. The van der Waals surface area contributed by atoms with Crippen LogP contribution in [0.25, 0.3) is 10.9 Å². The third-order valence-corrected chi connectivity index (χ3v) is 8.64. The average Bonchev–Trinajstić information content (AvgIpc) is 3.45. The van der Waals surface area contributed by atoms with Crippen LogP contribution in [0.3, 0.4) is 0 Å². The summed E-state index contributed by atoms with van der Waals surface area (Å²) in [5, 5.41) is 17.6. The van der Waals surface area contributed by atoms with Crippen LogP contribution in [0, 0.1) is 0 Å². The smallest absolute Gasteiger partial charge is 0.480 e. The number of carboxylic acids is 1. The molecule has 0 unspecified atom stereocenters. The summed E-state index contributed by atoms with van der Waals surface area (Å²) in [6.07, 6.45) is 0.206. The number of nitrogens with one attached hydrogen (secondary N) is 3. The molecule has 6 N–H and O–H groups in total. The minimum Gasteiger partial charge on any atom is -0.480 e. The normalized spacial score (nSPS) is 12.8. The molecule has 0 aliphatic carbocycles. The number of hydrogen-bond donors (Lipinski definition) is 6. The minimum atomic E-state index is -4.75. The molecule has 3 aromatic rings. The van der Waals surface area contributed by atoms with E-state index in [9.17, 15) is 23.7 Å². The molecule has 0 spiro atoms. The number of benzene rings is 2. The molecule has 17 nitrogen and oxygen atoms in total. The summed E-state index contributed by atoms with van der Waals surface area (Å²) >= 11 is 0. The van der Waals surface area contributed by atoms with Crippen molar-refractivity contribution in [1.82, 2.24) is 30.5 Å². The first-order chi connectivity index (χ1) is 24.7. The van der Waals surface area contributed by atoms with Gasteiger partial charge in [0.2, 0.25) is 17.7 Å². The van der Waals surface area contributed by atoms with Gasteiger partial charge in [0.25, 0.3) is 0 Å². The lowest BCUT2D eigenvalue weighted by Gasteiger charge is -2.21. The number of phosphoric ester groups is 1. The Morgan fingerprint density at radius 3 is 2.27 bits per heavy atom. The number of fused-ring (bicyclic) bond motifs is 1. The van der Waals surface area contributed by atoms with Crippen molar-refractivity contribution in [3.8, 4) is 5.75 Å². The van der Waals surface area contributed by atoms with Gasteiger partial charge in [-0.2, -0.15) is 0 Å². The lowest BCUT2D eigenvalue weighted by molar-refractivity contribution is -0.148. The number of carbonyl (C=O) groups excluding carboxylic acids is 3. The van der Waals surface area contributed by atoms with E-state index in [1.807, 2.05) is 43.4 Å². The molecule has 0 fully saturated rings. The standard InChI is InChI=1S/C34H49N6O11P/c1-24(34(44)45)39(4)32(42)14-17-49-19-20-50-18-15-36-33(43)29(21-25-9-11-28(12-10-25)51-52(46,47)48)37-31(41)13-16-40-27(23-38(3)35-2)22-26-7-5-6-8-30(26)40/h5-12,22,24,29,35H,13-21,23H2,1-4H3,(H,36,43)(H,37,41)(H,44,45)(H2,46,47,48)/t24-,29-/m0/s1. The number of aromatic nitrogens is 1. The number of rotatable bonds is 23. The number of carbonyl (C=O) groups is 4. The summed E-state index contributed by atoms with van der Waals surface area (Å²) in [4.78, 5) is 69.0. The van der Waals surface area contributed by atoms with Crippen molar-refractivity contribution >= 4 is 42.4 Å². The van der Waals surface area contributed by atoms with Crippen LogP contribution in [0.5, 0.6) is 5.75 Å². The molecule has 2 atom stereocenters. The van der Waals surface area contributed by atoms with Crippen molar-refractivity contribution in [2.24, 2.45) is 0 Å². The van der Waals surface area contributed by atoms with Gasteiger partial charge in [-0.1, -0.05) is 30.3 Å². The highest BCUT2D eigenvalue weighted by Gasteiger charge is 2.23. The van der Waals surface area contributed by atoms with Gasteiger partial charge in [-0.25, -0.2) is 14.4 Å². The van der Waals surface area contributed by atoms with Gasteiger partial charge in [-0.05, 0) is 49.2 Å². The highest BCUT2D eigenvalue weighted by atomic mass is 31.2. The topological polar surface area (TPSA) is 221 Å². The Labute approximate surface area is 302 Å². The molecular formula is C34H49N6O11P. The van der Waals surface area contributed by atoms with Crippen LogP contribution in [0.1, 0.15) is 31.0 Å². The SMILES string of the molecule is CNN(C)Cc1cc2ccccc2n1CCC(=O)N[C@@H](Cc1ccc(OP(=O)(O)O)cc1)C(=O)NCCOCCOCCC(=O)N(C)[C@@H](C)C(=O)O. The van der Waals surface area contributed by atoms with E-state index in [0.29, 0.717) is 18.7 Å². The van der Waals surface area contributed by atoms with Gasteiger partial charge in [0.1, 0.15) is 17.8 Å². The Bertz CT molecular complexity index is 1680. The van der Waals surface area contributed by atoms with Gasteiger partial charge < -0.3 is 39.2 Å². The Morgan fingerprint density at radius 1 is 0.942 bits per heavy atom. The molecule has 52 heavy (non-hydrogen) atoms. The number of likely N-dealkylation sites (N-methyl/N-ethyl adjacent to an activating group) is 1. The van der Waals surface area contributed by atoms with Gasteiger partial charge in [-0.3, -0.25) is 29.6 Å². The maximum Gasteiger partial charge on any atom is 0.524 e. The van der Waals surface area contributed by atoms with Crippen LogP contribution >= 0.6 is 7.82 Å². The molecule has 18 heteroatoms. The Hall–Kier alpha value is -4.35. The Morgan fingerprint density at radius 2 is 1.62 bits per heavy atom. The van der Waals surface area contributed by atoms with Crippen LogP contribution in [0.4, 0.5) is 0 Å². The van der Waals surface area contributed by atoms with Gasteiger partial charge in [0, 0.05) is 51.2 Å². The molecular weight excluding hydrogens is 699 g/mol. The molecule has 0 aliphatic rings. The van der Waals surface area contributed by atoms with E-state index in [0.717, 1.165) is 21.5 Å². The third kappa shape index (κ3) is 14.0. The Kier molecular flexibility index (Phi) is 16.7. The van der Waals surface area contributed by atoms with Crippen LogP contribution in [0.2, 0.25) is 0 Å². The molecule has 0 aliphatic heterocycles. The molecule has 1 heterocycles. The average molecular weight is 749 g/mol. The summed E-state index contributed by atoms with van der Waals surface area (Å²) in [7, 11) is 0.414. The molecule has 1 aromatic heterocycles. The molecule has 0 saturated heterocycles. The van der Waals surface area contributed by atoms with Gasteiger partial charge >= 0.3 is 13.8 Å². The largest absolute Gasteiger partial charge is 0.524 e. The van der Waals surface area contributed by atoms with Crippen molar-refractivity contribution in [2.45, 2.75) is 51.4 Å². The molecule has 3 rings (SSSR count). The number of hydrazine groups is 1. The lowest BCUT2D eigenvalue weighted by Crippen LogP contribution is -2.48. The van der Waals surface area contributed by atoms with Crippen LogP contribution < -0.4 is 20.6 Å². The van der Waals surface area contributed by atoms with Crippen molar-refractivity contribution in [3.63, 3.8) is 0 Å². The number of carboxylic acid groups (broad SMARTS) is 1. The highest BCUT2D eigenvalue weighted by molar-refractivity contribution is 7.46. The third-order valence-electron chi connectivity index (χ3n) is 8.19. The van der Waals surface area contributed by atoms with E-state index in [4.69, 9.17) is 24.4 Å². The maximum absolute atomic E-state index is 13.3. The van der Waals surface area contributed by atoms with Gasteiger partial charge in [0.05, 0.1) is 39.4 Å². The number of aliphatic carboxylic acids is 1. The van der Waals surface area contributed by atoms with Crippen molar-refractivity contribution in [2.75, 3.05) is 54.1 Å². The number of nitrogens with zero attached hydrogens (tertiary/aromatic N) is 3. The summed E-state index contributed by atoms with van der Waals surface area (Å²) < 4.78 is 28.8. The van der Waals surface area contributed by atoms with E-state index in [1.54, 1.807) is 12.1 Å². The molecule has 0 radical (unpaired) electrons. The second-order valence-electron chi connectivity index (χ2n) is 12.0. The first kappa shape index (κ1) is 42.1. The quantitative estimate of drug-likeness (QED) is 0.0458. The zero-order valence-corrected chi connectivity index (χ0v) is 30.7. The Balaban J connectivity index is 1.55. The number of ether oxygens (including phenoxy) is 2. The van der Waals surface area contributed by atoms with E-state index < -0.39 is 31.8 Å². The van der Waals surface area contributed by atoms with Gasteiger partial charge in [-0.15, -0.1) is 0 Å². The number of hydrogen-bond acceptors (Lipinski definition) is 10. The first-order valence-electron chi connectivity index (χ1n) is 16.7. The van der Waals surface area contributed by atoms with E-state index in [1.165, 1.54) is 26.1 Å². The molecule has 0 saturated carbocycles. The van der Waals surface area contributed by atoms with Crippen LogP contribution in [0.15, 0.2) is 54.6 Å². The molecule has 3 amide bonds. The fourth-order valence-electron chi connectivity index (χ4n) is 5.14.